The first-order valence-corrected chi connectivity index (χ1v) is 5.18. The van der Waals surface area contributed by atoms with E-state index in [2.05, 4.69) is 16.1 Å². The maximum absolute atomic E-state index is 12.9. The molecule has 1 atom stereocenters. The minimum absolute atomic E-state index is 0.0182. The third-order valence-electron chi connectivity index (χ3n) is 2.43. The Kier molecular flexibility index (Phi) is 2.79. The summed E-state index contributed by atoms with van der Waals surface area (Å²) in [5.41, 5.74) is 7.29. The van der Waals surface area contributed by atoms with Crippen LogP contribution < -0.4 is 15.2 Å². The molecule has 0 amide bonds. The van der Waals surface area contributed by atoms with Crippen LogP contribution in [0.5, 0.6) is 11.5 Å². The Morgan fingerprint density at radius 1 is 1.47 bits per heavy atom. The van der Waals surface area contributed by atoms with Crippen LogP contribution in [0, 0.1) is 0 Å². The van der Waals surface area contributed by atoms with Gasteiger partial charge in [0.05, 0.1) is 0 Å². The Hall–Kier alpha value is -1.62. The zero-order valence-corrected chi connectivity index (χ0v) is 9.37. The Balaban J connectivity index is 2.32. The van der Waals surface area contributed by atoms with Crippen molar-refractivity contribution >= 4 is 0 Å². The van der Waals surface area contributed by atoms with Gasteiger partial charge in [-0.3, -0.25) is 0 Å². The van der Waals surface area contributed by atoms with Crippen LogP contribution in [-0.2, 0) is 0 Å². The van der Waals surface area contributed by atoms with Crippen molar-refractivity contribution < 1.29 is 18.3 Å². The molecule has 0 aliphatic carbocycles. The fourth-order valence-corrected chi connectivity index (χ4v) is 1.77. The average molecular weight is 241 g/mol. The number of hydrogen-bond donors (Lipinski definition) is 1. The highest BCUT2D eigenvalue weighted by atomic mass is 19.3. The lowest BCUT2D eigenvalue weighted by atomic mass is 10.00. The number of ether oxygens (including phenoxy) is 2. The summed E-state index contributed by atoms with van der Waals surface area (Å²) >= 11 is 0. The largest absolute Gasteiger partial charge is 0.586 e. The lowest BCUT2D eigenvalue weighted by molar-refractivity contribution is -0.287. The summed E-state index contributed by atoms with van der Waals surface area (Å²) in [6.45, 7) is 5.57. The molecule has 0 saturated heterocycles. The van der Waals surface area contributed by atoms with E-state index in [0.717, 1.165) is 5.57 Å². The number of nitrogens with two attached hydrogens (primary N) is 1. The average Bonchev–Trinajstić information content (AvgIpc) is 2.49. The van der Waals surface area contributed by atoms with Crippen molar-refractivity contribution in [3.63, 3.8) is 0 Å². The van der Waals surface area contributed by atoms with E-state index in [1.54, 1.807) is 12.1 Å². The smallest absolute Gasteiger partial charge is 0.395 e. The zero-order valence-electron chi connectivity index (χ0n) is 9.37. The van der Waals surface area contributed by atoms with Crippen LogP contribution in [0.15, 0.2) is 30.4 Å². The van der Waals surface area contributed by atoms with E-state index in [4.69, 9.17) is 5.73 Å². The van der Waals surface area contributed by atoms with E-state index in [-0.39, 0.29) is 11.5 Å². The zero-order chi connectivity index (χ0) is 12.6. The van der Waals surface area contributed by atoms with E-state index in [1.165, 1.54) is 6.07 Å². The van der Waals surface area contributed by atoms with Crippen molar-refractivity contribution in [2.45, 2.75) is 25.7 Å². The third kappa shape index (κ3) is 2.39. The van der Waals surface area contributed by atoms with Gasteiger partial charge < -0.3 is 15.2 Å². The van der Waals surface area contributed by atoms with Gasteiger partial charge in [-0.1, -0.05) is 17.7 Å². The second-order valence-electron chi connectivity index (χ2n) is 4.11. The molecule has 1 heterocycles. The summed E-state index contributed by atoms with van der Waals surface area (Å²) in [4.78, 5) is 0. The number of hydrogen-bond acceptors (Lipinski definition) is 3. The monoisotopic (exact) mass is 241 g/mol. The van der Waals surface area contributed by atoms with Crippen molar-refractivity contribution in [2.75, 3.05) is 0 Å². The van der Waals surface area contributed by atoms with Crippen molar-refractivity contribution in [2.24, 2.45) is 5.73 Å². The molecule has 0 saturated carbocycles. The van der Waals surface area contributed by atoms with Crippen molar-refractivity contribution in [3.05, 3.63) is 35.9 Å². The van der Waals surface area contributed by atoms with E-state index >= 15 is 0 Å². The van der Waals surface area contributed by atoms with Gasteiger partial charge >= 0.3 is 6.29 Å². The second kappa shape index (κ2) is 4.00. The quantitative estimate of drug-likeness (QED) is 0.827. The SMILES string of the molecule is C=C(C)C[C@@H](N)c1cccc2c1OC(F)(F)O2. The number of halogens is 2. The van der Waals surface area contributed by atoms with Gasteiger partial charge in [-0.15, -0.1) is 15.4 Å². The van der Waals surface area contributed by atoms with Crippen LogP contribution in [0.2, 0.25) is 0 Å². The molecule has 0 aromatic heterocycles. The standard InChI is InChI=1S/C12H13F2NO2/c1-7(2)6-9(15)8-4-3-5-10-11(8)17-12(13,14)16-10/h3-5,9H,1,6,15H2,2H3/t9-/m1/s1. The molecule has 0 unspecified atom stereocenters. The number of benzene rings is 1. The first-order valence-electron chi connectivity index (χ1n) is 5.18. The Morgan fingerprint density at radius 3 is 2.82 bits per heavy atom. The van der Waals surface area contributed by atoms with Crippen molar-refractivity contribution in [1.82, 2.24) is 0 Å². The van der Waals surface area contributed by atoms with Gasteiger partial charge in [0.1, 0.15) is 0 Å². The second-order valence-corrected chi connectivity index (χ2v) is 4.11. The predicted molar refractivity (Wildman–Crippen MR) is 59.0 cm³/mol. The molecule has 2 rings (SSSR count). The van der Waals surface area contributed by atoms with Gasteiger partial charge in [0.2, 0.25) is 0 Å². The van der Waals surface area contributed by atoms with Crippen LogP contribution in [0.4, 0.5) is 8.78 Å². The molecule has 0 spiro atoms. The fourth-order valence-electron chi connectivity index (χ4n) is 1.77. The summed E-state index contributed by atoms with van der Waals surface area (Å²) < 4.78 is 34.7. The molecule has 17 heavy (non-hydrogen) atoms. The van der Waals surface area contributed by atoms with Crippen LogP contribution in [0.3, 0.4) is 0 Å². The maximum Gasteiger partial charge on any atom is 0.586 e. The van der Waals surface area contributed by atoms with Gasteiger partial charge in [-0.05, 0) is 19.4 Å². The molecule has 1 aromatic rings. The predicted octanol–water partition coefficient (Wildman–Crippen LogP) is 2.97. The van der Waals surface area contributed by atoms with Crippen LogP contribution in [0.25, 0.3) is 0 Å². The summed E-state index contributed by atoms with van der Waals surface area (Å²) in [7, 11) is 0. The molecule has 0 radical (unpaired) electrons. The molecular weight excluding hydrogens is 228 g/mol. The Bertz CT molecular complexity index is 460. The number of alkyl halides is 2. The topological polar surface area (TPSA) is 44.5 Å². The van der Waals surface area contributed by atoms with Crippen LogP contribution in [0.1, 0.15) is 24.9 Å². The molecular formula is C12H13F2NO2. The van der Waals surface area contributed by atoms with Gasteiger partial charge in [0, 0.05) is 11.6 Å². The lowest BCUT2D eigenvalue weighted by Crippen LogP contribution is -2.26. The minimum Gasteiger partial charge on any atom is -0.395 e. The van der Waals surface area contributed by atoms with Gasteiger partial charge in [0.15, 0.2) is 11.5 Å². The van der Waals surface area contributed by atoms with Crippen LogP contribution in [-0.4, -0.2) is 6.29 Å². The van der Waals surface area contributed by atoms with Gasteiger partial charge in [-0.25, -0.2) is 0 Å². The van der Waals surface area contributed by atoms with Gasteiger partial charge in [0.25, 0.3) is 0 Å². The molecule has 92 valence electrons. The molecule has 1 aromatic carbocycles. The summed E-state index contributed by atoms with van der Waals surface area (Å²) in [6, 6.07) is 4.25. The number of fused-ring (bicyclic) bond motifs is 1. The van der Waals surface area contributed by atoms with Crippen molar-refractivity contribution in [3.8, 4) is 11.5 Å². The molecule has 3 nitrogen and oxygen atoms in total. The van der Waals surface area contributed by atoms with Gasteiger partial charge in [-0.2, -0.15) is 0 Å². The normalized spacial score (nSPS) is 17.9. The van der Waals surface area contributed by atoms with Crippen molar-refractivity contribution in [1.29, 1.82) is 0 Å². The van der Waals surface area contributed by atoms with E-state index in [1.807, 2.05) is 6.92 Å². The first kappa shape index (κ1) is 11.9. The number of rotatable bonds is 3. The first-order chi connectivity index (χ1) is 7.89. The molecule has 0 fully saturated rings. The molecule has 5 heteroatoms. The summed E-state index contributed by atoms with van der Waals surface area (Å²) in [5.74, 6) is 0.0379. The maximum atomic E-state index is 12.9. The molecule has 1 aliphatic heterocycles. The highest BCUT2D eigenvalue weighted by Crippen LogP contribution is 2.45. The van der Waals surface area contributed by atoms with Crippen LogP contribution >= 0.6 is 0 Å². The highest BCUT2D eigenvalue weighted by Gasteiger charge is 2.44. The molecule has 1 aliphatic rings. The summed E-state index contributed by atoms with van der Waals surface area (Å²) in [5, 5.41) is 0. The lowest BCUT2D eigenvalue weighted by Gasteiger charge is -2.14. The fraction of sp³-hybridized carbons (Fsp3) is 0.333. The molecule has 2 N–H and O–H groups in total. The number of para-hydroxylation sites is 1. The highest BCUT2D eigenvalue weighted by molar-refractivity contribution is 5.50. The minimum atomic E-state index is -3.61. The molecule has 0 bridgehead atoms. The van der Waals surface area contributed by atoms with E-state index < -0.39 is 12.3 Å². The Labute approximate surface area is 97.8 Å². The third-order valence-corrected chi connectivity index (χ3v) is 2.43. The van der Waals surface area contributed by atoms with E-state index in [9.17, 15) is 8.78 Å². The Morgan fingerprint density at radius 2 is 2.18 bits per heavy atom. The van der Waals surface area contributed by atoms with E-state index in [0.29, 0.717) is 12.0 Å². The summed E-state index contributed by atoms with van der Waals surface area (Å²) in [6.07, 6.45) is -3.10.